The van der Waals surface area contributed by atoms with Crippen LogP contribution in [0, 0.1) is 17.3 Å². The minimum atomic E-state index is -0.538. The number of rotatable bonds is 2. The van der Waals surface area contributed by atoms with Crippen LogP contribution in [0.2, 0.25) is 0 Å². The first-order valence-corrected chi connectivity index (χ1v) is 8.44. The number of hydrogen-bond donors (Lipinski definition) is 1. The van der Waals surface area contributed by atoms with Crippen LogP contribution >= 0.6 is 0 Å². The number of ether oxygens (including phenoxy) is 1. The Morgan fingerprint density at radius 2 is 1.75 bits per heavy atom. The van der Waals surface area contributed by atoms with Crippen LogP contribution in [-0.2, 0) is 9.53 Å². The third-order valence-corrected chi connectivity index (χ3v) is 6.38. The van der Waals surface area contributed by atoms with Crippen molar-refractivity contribution in [3.8, 4) is 0 Å². The number of carbonyl (C=O) groups is 1. The first kappa shape index (κ1) is 14.4. The fourth-order valence-corrected chi connectivity index (χ4v) is 4.94. The topological polar surface area (TPSA) is 46.5 Å². The largest absolute Gasteiger partial charge is 0.481 e. The maximum Gasteiger partial charge on any atom is 0.309 e. The highest BCUT2D eigenvalue weighted by molar-refractivity contribution is 5.75. The van der Waals surface area contributed by atoms with Crippen molar-refractivity contribution in [3.05, 3.63) is 0 Å². The van der Waals surface area contributed by atoms with Gasteiger partial charge in [0.1, 0.15) is 0 Å². The molecule has 0 aromatic heterocycles. The van der Waals surface area contributed by atoms with Crippen molar-refractivity contribution in [3.63, 3.8) is 0 Å². The monoisotopic (exact) mass is 280 g/mol. The molecule has 1 N–H and O–H groups in total. The smallest absolute Gasteiger partial charge is 0.309 e. The van der Waals surface area contributed by atoms with Gasteiger partial charge in [-0.25, -0.2) is 0 Å². The first-order valence-electron chi connectivity index (χ1n) is 8.44. The van der Waals surface area contributed by atoms with Gasteiger partial charge in [0, 0.05) is 6.61 Å². The molecule has 3 aliphatic rings. The Labute approximate surface area is 122 Å². The molecule has 3 rings (SSSR count). The van der Waals surface area contributed by atoms with E-state index < -0.39 is 11.4 Å². The van der Waals surface area contributed by atoms with Crippen LogP contribution in [0.15, 0.2) is 0 Å². The van der Waals surface area contributed by atoms with Crippen molar-refractivity contribution >= 4 is 5.97 Å². The lowest BCUT2D eigenvalue weighted by atomic mass is 9.60. The molecule has 20 heavy (non-hydrogen) atoms. The van der Waals surface area contributed by atoms with Crippen molar-refractivity contribution in [2.24, 2.45) is 17.3 Å². The molecule has 1 spiro atoms. The van der Waals surface area contributed by atoms with E-state index in [1.54, 1.807) is 0 Å². The van der Waals surface area contributed by atoms with Crippen molar-refractivity contribution in [1.29, 1.82) is 0 Å². The molecule has 114 valence electrons. The summed E-state index contributed by atoms with van der Waals surface area (Å²) >= 11 is 0. The van der Waals surface area contributed by atoms with E-state index in [4.69, 9.17) is 4.74 Å². The number of hydrogen-bond acceptors (Lipinski definition) is 2. The Balaban J connectivity index is 1.79. The maximum atomic E-state index is 12.0. The minimum Gasteiger partial charge on any atom is -0.481 e. The fourth-order valence-electron chi connectivity index (χ4n) is 4.94. The second-order valence-electron chi connectivity index (χ2n) is 7.57. The molecule has 1 aliphatic heterocycles. The first-order chi connectivity index (χ1) is 9.56. The standard InChI is InChI=1S/C17H28O3/c1-13-4-9-17(10-5-13,15(18)19)14-6-11-20-16(12-14)7-2-3-8-16/h13-14H,2-12H2,1H3,(H,18,19). The summed E-state index contributed by atoms with van der Waals surface area (Å²) in [6, 6.07) is 0. The maximum absolute atomic E-state index is 12.0. The van der Waals surface area contributed by atoms with Crippen LogP contribution in [0.5, 0.6) is 0 Å². The van der Waals surface area contributed by atoms with Gasteiger partial charge in [0.25, 0.3) is 0 Å². The molecule has 0 bridgehead atoms. The molecule has 1 heterocycles. The van der Waals surface area contributed by atoms with Crippen LogP contribution < -0.4 is 0 Å². The summed E-state index contributed by atoms with van der Waals surface area (Å²) in [5.74, 6) is 0.492. The number of carboxylic acids is 1. The summed E-state index contributed by atoms with van der Waals surface area (Å²) in [4.78, 5) is 12.0. The van der Waals surface area contributed by atoms with Gasteiger partial charge in [-0.1, -0.05) is 19.8 Å². The Morgan fingerprint density at radius 3 is 2.35 bits per heavy atom. The lowest BCUT2D eigenvalue weighted by molar-refractivity contribution is -0.168. The molecule has 2 saturated carbocycles. The summed E-state index contributed by atoms with van der Waals surface area (Å²) in [6.07, 6.45) is 10.7. The normalized spacial score (nSPS) is 40.9. The second-order valence-corrected chi connectivity index (χ2v) is 7.57. The van der Waals surface area contributed by atoms with Gasteiger partial charge in [-0.2, -0.15) is 0 Å². The van der Waals surface area contributed by atoms with E-state index >= 15 is 0 Å². The van der Waals surface area contributed by atoms with E-state index in [2.05, 4.69) is 6.92 Å². The van der Waals surface area contributed by atoms with Crippen LogP contribution in [0.4, 0.5) is 0 Å². The van der Waals surface area contributed by atoms with Gasteiger partial charge in [0.2, 0.25) is 0 Å². The van der Waals surface area contributed by atoms with Gasteiger partial charge in [0.15, 0.2) is 0 Å². The lowest BCUT2D eigenvalue weighted by Crippen LogP contribution is -2.48. The Kier molecular flexibility index (Phi) is 3.83. The predicted octanol–water partition coefficient (Wildman–Crippen LogP) is 4.01. The van der Waals surface area contributed by atoms with Crippen molar-refractivity contribution in [2.45, 2.75) is 76.7 Å². The highest BCUT2D eigenvalue weighted by atomic mass is 16.5. The lowest BCUT2D eigenvalue weighted by Gasteiger charge is -2.48. The summed E-state index contributed by atoms with van der Waals surface area (Å²) < 4.78 is 6.10. The van der Waals surface area contributed by atoms with Gasteiger partial charge in [-0.05, 0) is 63.2 Å². The van der Waals surface area contributed by atoms with E-state index in [1.165, 1.54) is 12.8 Å². The van der Waals surface area contributed by atoms with E-state index in [9.17, 15) is 9.90 Å². The molecular weight excluding hydrogens is 252 g/mol. The van der Waals surface area contributed by atoms with Crippen LogP contribution in [0.1, 0.15) is 71.1 Å². The molecular formula is C17H28O3. The van der Waals surface area contributed by atoms with Gasteiger partial charge in [-0.3, -0.25) is 4.79 Å². The SMILES string of the molecule is CC1CCC(C(=O)O)(C2CCOC3(CCCC3)C2)CC1. The van der Waals surface area contributed by atoms with Crippen molar-refractivity contribution < 1.29 is 14.6 Å². The third kappa shape index (κ3) is 2.38. The average molecular weight is 280 g/mol. The molecule has 3 fully saturated rings. The summed E-state index contributed by atoms with van der Waals surface area (Å²) in [5, 5.41) is 9.92. The van der Waals surface area contributed by atoms with E-state index in [0.29, 0.717) is 11.8 Å². The van der Waals surface area contributed by atoms with Crippen LogP contribution in [-0.4, -0.2) is 23.3 Å². The Bertz CT molecular complexity index is 362. The minimum absolute atomic E-state index is 0.0361. The molecule has 1 atom stereocenters. The van der Waals surface area contributed by atoms with Gasteiger partial charge >= 0.3 is 5.97 Å². The van der Waals surface area contributed by atoms with Gasteiger partial charge < -0.3 is 9.84 Å². The molecule has 3 heteroatoms. The quantitative estimate of drug-likeness (QED) is 0.831. The zero-order chi connectivity index (χ0) is 14.2. The molecule has 0 aromatic carbocycles. The molecule has 2 aliphatic carbocycles. The van der Waals surface area contributed by atoms with Gasteiger partial charge in [0.05, 0.1) is 11.0 Å². The zero-order valence-electron chi connectivity index (χ0n) is 12.7. The summed E-state index contributed by atoms with van der Waals surface area (Å²) in [7, 11) is 0. The third-order valence-electron chi connectivity index (χ3n) is 6.38. The molecule has 0 radical (unpaired) electrons. The summed E-state index contributed by atoms with van der Waals surface area (Å²) in [5.41, 5.74) is -0.416. The highest BCUT2D eigenvalue weighted by Gasteiger charge is 2.52. The molecule has 1 saturated heterocycles. The van der Waals surface area contributed by atoms with E-state index in [0.717, 1.165) is 58.0 Å². The zero-order valence-corrected chi connectivity index (χ0v) is 12.7. The summed E-state index contributed by atoms with van der Waals surface area (Å²) in [6.45, 7) is 3.03. The van der Waals surface area contributed by atoms with Crippen LogP contribution in [0.3, 0.4) is 0 Å². The van der Waals surface area contributed by atoms with Crippen molar-refractivity contribution in [1.82, 2.24) is 0 Å². The fraction of sp³-hybridized carbons (Fsp3) is 0.941. The van der Waals surface area contributed by atoms with Crippen molar-refractivity contribution in [2.75, 3.05) is 6.61 Å². The van der Waals surface area contributed by atoms with Crippen LogP contribution in [0.25, 0.3) is 0 Å². The number of carboxylic acid groups (broad SMARTS) is 1. The highest BCUT2D eigenvalue weighted by Crippen LogP contribution is 2.53. The molecule has 3 nitrogen and oxygen atoms in total. The molecule has 0 amide bonds. The second kappa shape index (κ2) is 5.32. The van der Waals surface area contributed by atoms with E-state index in [1.807, 2.05) is 0 Å². The molecule has 1 unspecified atom stereocenters. The Hall–Kier alpha value is -0.570. The predicted molar refractivity (Wildman–Crippen MR) is 77.6 cm³/mol. The van der Waals surface area contributed by atoms with E-state index in [-0.39, 0.29) is 5.60 Å². The average Bonchev–Trinajstić information content (AvgIpc) is 2.87. The number of aliphatic carboxylic acids is 1. The Morgan fingerprint density at radius 1 is 1.10 bits per heavy atom. The van der Waals surface area contributed by atoms with Gasteiger partial charge in [-0.15, -0.1) is 0 Å². The molecule has 0 aromatic rings.